The van der Waals surface area contributed by atoms with Gasteiger partial charge in [0.05, 0.1) is 12.6 Å². The molecule has 0 aliphatic carbocycles. The number of carbonyl (C=O) groups is 1. The highest BCUT2D eigenvalue weighted by Gasteiger charge is 2.16. The summed E-state index contributed by atoms with van der Waals surface area (Å²) in [5.41, 5.74) is 2.36. The number of nitrogens with zero attached hydrogens (tertiary/aromatic N) is 3. The van der Waals surface area contributed by atoms with E-state index in [0.29, 0.717) is 24.5 Å². The van der Waals surface area contributed by atoms with Gasteiger partial charge in [-0.25, -0.2) is 9.67 Å². The Morgan fingerprint density at radius 1 is 1.25 bits per heavy atom. The van der Waals surface area contributed by atoms with Crippen LogP contribution < -0.4 is 10.1 Å². The second-order valence-electron chi connectivity index (χ2n) is 6.72. The molecule has 28 heavy (non-hydrogen) atoms. The van der Waals surface area contributed by atoms with Crippen molar-refractivity contribution in [1.82, 2.24) is 14.8 Å². The highest BCUT2D eigenvalue weighted by Crippen LogP contribution is 2.18. The fraction of sp³-hybridized carbons (Fsp3) is 0.286. The van der Waals surface area contributed by atoms with Gasteiger partial charge < -0.3 is 14.8 Å². The van der Waals surface area contributed by atoms with Crippen LogP contribution in [-0.2, 0) is 11.3 Å². The lowest BCUT2D eigenvalue weighted by Crippen LogP contribution is -2.17. The van der Waals surface area contributed by atoms with E-state index < -0.39 is 0 Å². The van der Waals surface area contributed by atoms with Crippen LogP contribution in [0.5, 0.6) is 5.75 Å². The molecule has 1 aliphatic rings. The van der Waals surface area contributed by atoms with Gasteiger partial charge in [-0.05, 0) is 48.7 Å². The molecule has 0 spiro atoms. The predicted molar refractivity (Wildman–Crippen MR) is 104 cm³/mol. The van der Waals surface area contributed by atoms with Crippen molar-refractivity contribution in [3.63, 3.8) is 0 Å². The zero-order chi connectivity index (χ0) is 19.2. The number of rotatable bonds is 7. The molecule has 3 aromatic rings. The molecule has 1 N–H and O–H groups in total. The topological polar surface area (TPSA) is 78.3 Å². The lowest BCUT2D eigenvalue weighted by molar-refractivity contribution is 0.0679. The number of nitrogens with one attached hydrogen (secondary N) is 1. The molecule has 1 fully saturated rings. The number of aromatic nitrogens is 3. The van der Waals surface area contributed by atoms with Crippen molar-refractivity contribution in [3.05, 3.63) is 72.3 Å². The van der Waals surface area contributed by atoms with Crippen LogP contribution >= 0.6 is 0 Å². The highest BCUT2D eigenvalue weighted by atomic mass is 16.5. The van der Waals surface area contributed by atoms with Crippen molar-refractivity contribution in [2.75, 3.05) is 18.5 Å². The van der Waals surface area contributed by atoms with E-state index in [0.717, 1.165) is 30.7 Å². The number of carbonyl (C=O) groups excluding carboxylic acids is 1. The van der Waals surface area contributed by atoms with Crippen molar-refractivity contribution >= 4 is 11.6 Å². The van der Waals surface area contributed by atoms with Crippen LogP contribution in [0.3, 0.4) is 0 Å². The molecule has 1 aromatic heterocycles. The zero-order valence-corrected chi connectivity index (χ0v) is 15.5. The van der Waals surface area contributed by atoms with E-state index in [1.165, 1.54) is 6.33 Å². The van der Waals surface area contributed by atoms with Crippen molar-refractivity contribution < 1.29 is 14.3 Å². The Morgan fingerprint density at radius 3 is 2.89 bits per heavy atom. The molecule has 1 atom stereocenters. The normalized spacial score (nSPS) is 16.1. The Labute approximate surface area is 163 Å². The van der Waals surface area contributed by atoms with E-state index in [-0.39, 0.29) is 12.0 Å². The molecular weight excluding hydrogens is 356 g/mol. The number of ether oxygens (including phenoxy) is 2. The zero-order valence-electron chi connectivity index (χ0n) is 15.5. The Kier molecular flexibility index (Phi) is 5.63. The van der Waals surface area contributed by atoms with E-state index in [1.54, 1.807) is 23.1 Å². The molecule has 4 rings (SSSR count). The first-order valence-corrected chi connectivity index (χ1v) is 9.33. The number of benzene rings is 2. The smallest absolute Gasteiger partial charge is 0.255 e. The maximum Gasteiger partial charge on any atom is 0.255 e. The molecule has 1 saturated heterocycles. The van der Waals surface area contributed by atoms with Gasteiger partial charge in [-0.2, -0.15) is 5.10 Å². The van der Waals surface area contributed by atoms with Crippen LogP contribution in [0.1, 0.15) is 28.8 Å². The van der Waals surface area contributed by atoms with Crippen LogP contribution in [0.4, 0.5) is 5.69 Å². The molecule has 2 aromatic carbocycles. The molecule has 144 valence electrons. The van der Waals surface area contributed by atoms with Gasteiger partial charge in [0.15, 0.2) is 0 Å². The largest absolute Gasteiger partial charge is 0.491 e. The molecule has 1 amide bonds. The molecule has 1 unspecified atom stereocenters. The fourth-order valence-electron chi connectivity index (χ4n) is 3.09. The van der Waals surface area contributed by atoms with Crippen molar-refractivity contribution in [2.24, 2.45) is 0 Å². The minimum atomic E-state index is -0.174. The summed E-state index contributed by atoms with van der Waals surface area (Å²) in [6.45, 7) is 1.95. The van der Waals surface area contributed by atoms with Crippen LogP contribution in [0.2, 0.25) is 0 Å². The first-order chi connectivity index (χ1) is 13.8. The van der Waals surface area contributed by atoms with Gasteiger partial charge in [0.25, 0.3) is 5.91 Å². The third kappa shape index (κ3) is 4.75. The number of hydrogen-bond donors (Lipinski definition) is 1. The van der Waals surface area contributed by atoms with E-state index in [4.69, 9.17) is 9.47 Å². The first-order valence-electron chi connectivity index (χ1n) is 9.33. The summed E-state index contributed by atoms with van der Waals surface area (Å²) in [6, 6.07) is 14.9. The van der Waals surface area contributed by atoms with Gasteiger partial charge in [0.1, 0.15) is 25.0 Å². The number of amides is 1. The molecule has 0 saturated carbocycles. The first kappa shape index (κ1) is 18.2. The quantitative estimate of drug-likeness (QED) is 0.683. The van der Waals surface area contributed by atoms with E-state index in [1.807, 2.05) is 36.4 Å². The van der Waals surface area contributed by atoms with Gasteiger partial charge in [0, 0.05) is 17.9 Å². The van der Waals surface area contributed by atoms with Crippen LogP contribution in [0.25, 0.3) is 0 Å². The summed E-state index contributed by atoms with van der Waals surface area (Å²) in [6.07, 6.45) is 5.42. The summed E-state index contributed by atoms with van der Waals surface area (Å²) in [7, 11) is 0. The Bertz CT molecular complexity index is 904. The summed E-state index contributed by atoms with van der Waals surface area (Å²) in [5, 5.41) is 7.00. The second-order valence-corrected chi connectivity index (χ2v) is 6.72. The van der Waals surface area contributed by atoms with Gasteiger partial charge >= 0.3 is 0 Å². The Hall–Kier alpha value is -3.19. The number of hydrogen-bond acceptors (Lipinski definition) is 5. The van der Waals surface area contributed by atoms with Gasteiger partial charge in [-0.15, -0.1) is 0 Å². The molecule has 0 bridgehead atoms. The Morgan fingerprint density at radius 2 is 2.14 bits per heavy atom. The minimum absolute atomic E-state index is 0.147. The average Bonchev–Trinajstić information content (AvgIpc) is 3.42. The molecule has 0 radical (unpaired) electrons. The van der Waals surface area contributed by atoms with E-state index in [9.17, 15) is 4.79 Å². The molecule has 7 heteroatoms. The molecular formula is C21H22N4O3. The Balaban J connectivity index is 1.34. The lowest BCUT2D eigenvalue weighted by Gasteiger charge is -2.12. The monoisotopic (exact) mass is 378 g/mol. The van der Waals surface area contributed by atoms with E-state index >= 15 is 0 Å². The average molecular weight is 378 g/mol. The summed E-state index contributed by atoms with van der Waals surface area (Å²) >= 11 is 0. The summed E-state index contributed by atoms with van der Waals surface area (Å²) < 4.78 is 13.1. The van der Waals surface area contributed by atoms with E-state index in [2.05, 4.69) is 15.4 Å². The van der Waals surface area contributed by atoms with Gasteiger partial charge in [-0.3, -0.25) is 4.79 Å². The summed E-state index contributed by atoms with van der Waals surface area (Å²) in [5.74, 6) is 0.498. The molecule has 2 heterocycles. The lowest BCUT2D eigenvalue weighted by atomic mass is 10.1. The van der Waals surface area contributed by atoms with Crippen molar-refractivity contribution in [3.8, 4) is 5.75 Å². The summed E-state index contributed by atoms with van der Waals surface area (Å²) in [4.78, 5) is 16.5. The maximum absolute atomic E-state index is 12.6. The van der Waals surface area contributed by atoms with Crippen LogP contribution in [0, 0.1) is 0 Å². The second kappa shape index (κ2) is 8.67. The van der Waals surface area contributed by atoms with Crippen molar-refractivity contribution in [2.45, 2.75) is 25.5 Å². The van der Waals surface area contributed by atoms with Crippen molar-refractivity contribution in [1.29, 1.82) is 0 Å². The standard InChI is InChI=1S/C21H22N4O3/c26-21(17-3-1-4-19(11-17)28-13-20-5-2-10-27-20)24-18-8-6-16(7-9-18)12-25-15-22-14-23-25/h1,3-4,6-9,11,14-15,20H,2,5,10,12-13H2,(H,24,26). The fourth-order valence-corrected chi connectivity index (χ4v) is 3.09. The minimum Gasteiger partial charge on any atom is -0.491 e. The predicted octanol–water partition coefficient (Wildman–Crippen LogP) is 3.14. The van der Waals surface area contributed by atoms with Gasteiger partial charge in [0.2, 0.25) is 0 Å². The van der Waals surface area contributed by atoms with Crippen LogP contribution in [-0.4, -0.2) is 40.0 Å². The van der Waals surface area contributed by atoms with Crippen LogP contribution in [0.15, 0.2) is 61.2 Å². The van der Waals surface area contributed by atoms with Gasteiger partial charge in [-0.1, -0.05) is 18.2 Å². The number of anilines is 1. The molecule has 1 aliphatic heterocycles. The third-order valence-corrected chi connectivity index (χ3v) is 4.58. The third-order valence-electron chi connectivity index (χ3n) is 4.58. The maximum atomic E-state index is 12.6. The highest BCUT2D eigenvalue weighted by molar-refractivity contribution is 6.04. The molecule has 7 nitrogen and oxygen atoms in total. The SMILES string of the molecule is O=C(Nc1ccc(Cn2cncn2)cc1)c1cccc(OCC2CCCO2)c1.